The molecule has 8 heteroatoms. The number of fused-ring (bicyclic) bond motifs is 2. The normalized spacial score (nSPS) is 13.5. The number of anilines is 1. The van der Waals surface area contributed by atoms with Crippen LogP contribution in [0.2, 0.25) is 0 Å². The van der Waals surface area contributed by atoms with Gasteiger partial charge in [0.05, 0.1) is 4.90 Å². The number of para-hydroxylation sites is 2. The van der Waals surface area contributed by atoms with E-state index >= 15 is 0 Å². The third kappa shape index (κ3) is 4.49. The highest BCUT2D eigenvalue weighted by molar-refractivity contribution is 7.90. The highest BCUT2D eigenvalue weighted by Crippen LogP contribution is 2.31. The highest BCUT2D eigenvalue weighted by atomic mass is 32.2. The Labute approximate surface area is 181 Å². The van der Waals surface area contributed by atoms with Crippen LogP contribution in [0, 0.1) is 0 Å². The van der Waals surface area contributed by atoms with Gasteiger partial charge in [0.1, 0.15) is 11.5 Å². The maximum absolute atomic E-state index is 12.9. The molecule has 160 valence electrons. The number of ether oxygens (including phenoxy) is 2. The summed E-state index contributed by atoms with van der Waals surface area (Å²) >= 11 is 0. The largest absolute Gasteiger partial charge is 0.446 e. The lowest BCUT2D eigenvalue weighted by Gasteiger charge is -2.25. The molecule has 1 amide bonds. The van der Waals surface area contributed by atoms with E-state index in [1.54, 1.807) is 36.4 Å². The van der Waals surface area contributed by atoms with Crippen molar-refractivity contribution >= 4 is 21.6 Å². The zero-order valence-corrected chi connectivity index (χ0v) is 17.9. The molecule has 0 saturated carbocycles. The second-order valence-corrected chi connectivity index (χ2v) is 9.00. The third-order valence-electron chi connectivity index (χ3n) is 4.91. The van der Waals surface area contributed by atoms with Crippen LogP contribution in [-0.4, -0.2) is 34.7 Å². The summed E-state index contributed by atoms with van der Waals surface area (Å²) in [5.41, 5.74) is 2.58. The second-order valence-electron chi connectivity index (χ2n) is 7.32. The minimum absolute atomic E-state index is 0.0295. The van der Waals surface area contributed by atoms with Crippen LogP contribution in [0.15, 0.2) is 77.7 Å². The van der Waals surface area contributed by atoms with Crippen molar-refractivity contribution in [3.63, 3.8) is 0 Å². The predicted molar refractivity (Wildman–Crippen MR) is 117 cm³/mol. The molecule has 1 heterocycles. The third-order valence-corrected chi connectivity index (χ3v) is 6.27. The van der Waals surface area contributed by atoms with Gasteiger partial charge in [-0.3, -0.25) is 4.79 Å². The maximum Gasteiger partial charge on any atom is 0.322 e. The molecule has 4 rings (SSSR count). The number of nitrogens with zero attached hydrogens (tertiary/aromatic N) is 1. The van der Waals surface area contributed by atoms with Crippen LogP contribution in [0.3, 0.4) is 0 Å². The molecule has 0 aliphatic carbocycles. The van der Waals surface area contributed by atoms with Crippen molar-refractivity contribution < 1.29 is 22.7 Å². The van der Waals surface area contributed by atoms with Gasteiger partial charge in [0.15, 0.2) is 0 Å². The van der Waals surface area contributed by atoms with E-state index in [1.807, 2.05) is 43.3 Å². The minimum Gasteiger partial charge on any atom is -0.446 e. The molecule has 1 aliphatic rings. The van der Waals surface area contributed by atoms with E-state index in [-0.39, 0.29) is 4.90 Å². The zero-order chi connectivity index (χ0) is 22.0. The summed E-state index contributed by atoms with van der Waals surface area (Å²) in [5.74, 6) is 0.0120. The van der Waals surface area contributed by atoms with Crippen LogP contribution in [0.4, 0.5) is 5.69 Å². The minimum atomic E-state index is -4.11. The Kier molecular flexibility index (Phi) is 5.56. The Hall–Kier alpha value is -3.52. The van der Waals surface area contributed by atoms with Crippen molar-refractivity contribution in [3.8, 4) is 11.5 Å². The molecule has 0 unspecified atom stereocenters. The van der Waals surface area contributed by atoms with E-state index in [2.05, 4.69) is 4.72 Å². The van der Waals surface area contributed by atoms with Crippen molar-refractivity contribution in [3.05, 3.63) is 83.9 Å². The van der Waals surface area contributed by atoms with Gasteiger partial charge in [-0.2, -0.15) is 0 Å². The number of carbonyl (C=O) groups is 1. The van der Waals surface area contributed by atoms with E-state index in [0.29, 0.717) is 17.9 Å². The molecule has 3 aromatic rings. The second kappa shape index (κ2) is 8.31. The van der Waals surface area contributed by atoms with Gasteiger partial charge in [0.2, 0.25) is 0 Å². The summed E-state index contributed by atoms with van der Waals surface area (Å²) in [7, 11) is -0.402. The first-order valence-electron chi connectivity index (χ1n) is 9.67. The van der Waals surface area contributed by atoms with Crippen molar-refractivity contribution in [2.75, 3.05) is 19.0 Å². The Balaban J connectivity index is 1.61. The number of hydrogen-bond acceptors (Lipinski definition) is 6. The summed E-state index contributed by atoms with van der Waals surface area (Å²) in [6.45, 7) is 0. The van der Waals surface area contributed by atoms with E-state index in [4.69, 9.17) is 9.47 Å². The Bertz CT molecular complexity index is 1160. The van der Waals surface area contributed by atoms with Crippen LogP contribution < -0.4 is 19.1 Å². The van der Waals surface area contributed by atoms with E-state index in [0.717, 1.165) is 16.8 Å². The quantitative estimate of drug-likeness (QED) is 0.674. The van der Waals surface area contributed by atoms with E-state index in [1.165, 1.54) is 12.1 Å². The molecule has 0 saturated heterocycles. The van der Waals surface area contributed by atoms with Gasteiger partial charge >= 0.3 is 12.2 Å². The molecule has 0 fully saturated rings. The molecular formula is C23H22N2O5S. The van der Waals surface area contributed by atoms with E-state index < -0.39 is 22.2 Å². The maximum atomic E-state index is 12.9. The molecule has 31 heavy (non-hydrogen) atoms. The monoisotopic (exact) mass is 438 g/mol. The van der Waals surface area contributed by atoms with Crippen LogP contribution in [0.5, 0.6) is 11.5 Å². The van der Waals surface area contributed by atoms with Crippen LogP contribution >= 0.6 is 0 Å². The van der Waals surface area contributed by atoms with Gasteiger partial charge in [0, 0.05) is 26.2 Å². The van der Waals surface area contributed by atoms with Crippen LogP contribution in [0.1, 0.15) is 11.1 Å². The average Bonchev–Trinajstić information content (AvgIpc) is 2.73. The van der Waals surface area contributed by atoms with Crippen LogP contribution in [0.25, 0.3) is 0 Å². The molecule has 3 aromatic carbocycles. The number of hydrogen-bond donors (Lipinski definition) is 1. The van der Waals surface area contributed by atoms with Crippen molar-refractivity contribution in [1.82, 2.24) is 4.72 Å². The molecule has 7 nitrogen and oxygen atoms in total. The summed E-state index contributed by atoms with van der Waals surface area (Å²) in [6, 6.07) is 20.8. The first kappa shape index (κ1) is 20.7. The molecule has 0 aromatic heterocycles. The lowest BCUT2D eigenvalue weighted by molar-refractivity contribution is -0.138. The summed E-state index contributed by atoms with van der Waals surface area (Å²) in [5, 5.41) is 0. The molecule has 1 N–H and O–H groups in total. The molecule has 0 radical (unpaired) electrons. The van der Waals surface area contributed by atoms with Gasteiger partial charge < -0.3 is 14.4 Å². The van der Waals surface area contributed by atoms with Gasteiger partial charge in [-0.15, -0.1) is 0 Å². The zero-order valence-electron chi connectivity index (χ0n) is 17.1. The molecule has 0 bridgehead atoms. The van der Waals surface area contributed by atoms with E-state index in [9.17, 15) is 13.2 Å². The number of amides is 1. The first-order chi connectivity index (χ1) is 14.8. The number of carbonyl (C=O) groups excluding carboxylic acids is 1. The number of rotatable bonds is 4. The van der Waals surface area contributed by atoms with Crippen molar-refractivity contribution in [2.45, 2.75) is 17.6 Å². The van der Waals surface area contributed by atoms with Gasteiger partial charge in [-0.05, 0) is 47.5 Å². The van der Waals surface area contributed by atoms with Crippen LogP contribution in [-0.2, 0) is 21.2 Å². The fourth-order valence-corrected chi connectivity index (χ4v) is 4.23. The molecular weight excluding hydrogens is 416 g/mol. The molecule has 0 atom stereocenters. The first-order valence-corrected chi connectivity index (χ1v) is 11.1. The number of nitrogens with one attached hydrogen (secondary N) is 1. The smallest absolute Gasteiger partial charge is 0.322 e. The highest BCUT2D eigenvalue weighted by Gasteiger charge is 2.30. The number of benzene rings is 3. The van der Waals surface area contributed by atoms with Gasteiger partial charge in [-0.1, -0.05) is 36.4 Å². The Morgan fingerprint density at radius 3 is 1.90 bits per heavy atom. The standard InChI is InChI=1S/C23H22N2O5S/c1-25(2)18-11-13-19(14-12-18)31(27,28)24-22(26)23-29-20-9-5-3-7-16(20)15-17-8-4-6-10-21(17)30-23/h3-14,23H,15H2,1-2H3,(H,24,26). The topological polar surface area (TPSA) is 84.9 Å². The Morgan fingerprint density at radius 2 is 1.39 bits per heavy atom. The fourth-order valence-electron chi connectivity index (χ4n) is 3.26. The summed E-state index contributed by atoms with van der Waals surface area (Å²) in [4.78, 5) is 14.7. The number of sulfonamides is 1. The summed E-state index contributed by atoms with van der Waals surface area (Å²) < 4.78 is 39.1. The predicted octanol–water partition coefficient (Wildman–Crippen LogP) is 2.95. The lowest BCUT2D eigenvalue weighted by Crippen LogP contribution is -2.45. The van der Waals surface area contributed by atoms with Crippen molar-refractivity contribution in [2.24, 2.45) is 0 Å². The lowest BCUT2D eigenvalue weighted by atomic mass is 10.0. The Morgan fingerprint density at radius 1 is 0.871 bits per heavy atom. The fraction of sp³-hybridized carbons (Fsp3) is 0.174. The van der Waals surface area contributed by atoms with Crippen molar-refractivity contribution in [1.29, 1.82) is 0 Å². The summed E-state index contributed by atoms with van der Waals surface area (Å²) in [6.07, 6.45) is -0.907. The average molecular weight is 439 g/mol. The SMILES string of the molecule is CN(C)c1ccc(S(=O)(=O)NC(=O)C2Oc3ccccc3Cc3ccccc3O2)cc1. The van der Waals surface area contributed by atoms with Gasteiger partial charge in [-0.25, -0.2) is 13.1 Å². The molecule has 1 aliphatic heterocycles. The van der Waals surface area contributed by atoms with Gasteiger partial charge in [0.25, 0.3) is 10.0 Å². The molecule has 0 spiro atoms.